The third-order valence-electron chi connectivity index (χ3n) is 4.69. The van der Waals surface area contributed by atoms with Crippen molar-refractivity contribution in [2.75, 3.05) is 6.54 Å². The molecule has 1 saturated carbocycles. The normalized spacial score (nSPS) is 23.4. The SMILES string of the molecule is C1=CC2C(C1)CC2NCCc1nnc2ccccn12.O=C(O)C(=O)O. The average Bonchev–Trinajstić information content (AvgIpc) is 3.16. The van der Waals surface area contributed by atoms with Crippen LogP contribution in [0.25, 0.3) is 5.65 Å². The van der Waals surface area contributed by atoms with E-state index in [2.05, 4.69) is 32.1 Å². The molecule has 8 nitrogen and oxygen atoms in total. The molecule has 0 saturated heterocycles. The van der Waals surface area contributed by atoms with E-state index in [0.717, 1.165) is 36.3 Å². The molecule has 2 aliphatic rings. The Morgan fingerprint density at radius 1 is 1.24 bits per heavy atom. The first-order valence-corrected chi connectivity index (χ1v) is 8.21. The highest BCUT2D eigenvalue weighted by Crippen LogP contribution is 2.42. The summed E-state index contributed by atoms with van der Waals surface area (Å²) in [7, 11) is 0. The van der Waals surface area contributed by atoms with Gasteiger partial charge in [-0.2, -0.15) is 0 Å². The molecule has 8 heteroatoms. The molecule has 2 aromatic heterocycles. The van der Waals surface area contributed by atoms with Crippen molar-refractivity contribution in [3.05, 3.63) is 42.4 Å². The lowest BCUT2D eigenvalue weighted by atomic mass is 9.71. The summed E-state index contributed by atoms with van der Waals surface area (Å²) in [5.74, 6) is -0.896. The first-order chi connectivity index (χ1) is 12.1. The number of hydrogen-bond donors (Lipinski definition) is 3. The molecule has 0 amide bonds. The molecule has 3 atom stereocenters. The minimum atomic E-state index is -1.82. The molecule has 0 aliphatic heterocycles. The van der Waals surface area contributed by atoms with Crippen LogP contribution in [-0.4, -0.2) is 49.3 Å². The quantitative estimate of drug-likeness (QED) is 0.559. The van der Waals surface area contributed by atoms with Crippen LogP contribution in [0, 0.1) is 11.8 Å². The second kappa shape index (κ2) is 7.43. The second-order valence-electron chi connectivity index (χ2n) is 6.20. The summed E-state index contributed by atoms with van der Waals surface area (Å²) in [5.41, 5.74) is 0.930. The van der Waals surface area contributed by atoms with Gasteiger partial charge in [-0.3, -0.25) is 4.40 Å². The molecule has 3 N–H and O–H groups in total. The van der Waals surface area contributed by atoms with Crippen molar-refractivity contribution in [2.24, 2.45) is 11.8 Å². The summed E-state index contributed by atoms with van der Waals surface area (Å²) in [4.78, 5) is 18.2. The molecule has 25 heavy (non-hydrogen) atoms. The summed E-state index contributed by atoms with van der Waals surface area (Å²) >= 11 is 0. The fourth-order valence-corrected chi connectivity index (χ4v) is 3.38. The lowest BCUT2D eigenvalue weighted by Gasteiger charge is -2.40. The van der Waals surface area contributed by atoms with Crippen molar-refractivity contribution in [1.29, 1.82) is 0 Å². The van der Waals surface area contributed by atoms with Gasteiger partial charge >= 0.3 is 11.9 Å². The van der Waals surface area contributed by atoms with Gasteiger partial charge in [-0.25, -0.2) is 9.59 Å². The number of pyridine rings is 1. The molecule has 1 fully saturated rings. The fourth-order valence-electron chi connectivity index (χ4n) is 3.38. The van der Waals surface area contributed by atoms with Gasteiger partial charge in [0.25, 0.3) is 0 Å². The van der Waals surface area contributed by atoms with Crippen LogP contribution in [0.2, 0.25) is 0 Å². The van der Waals surface area contributed by atoms with Crippen LogP contribution in [0.3, 0.4) is 0 Å². The summed E-state index contributed by atoms with van der Waals surface area (Å²) in [6.07, 6.45) is 10.3. The standard InChI is InChI=1S/C15H18N4.C2H2O4/c1-2-9-19-14(6-1)17-18-15(19)7-8-16-13-10-11-4-3-5-12(11)13;3-1(4)2(5)6/h1-3,5-6,9,11-13,16H,4,7-8,10H2;(H,3,4)(H,5,6). The minimum absolute atomic E-state index is 0.683. The Hall–Kier alpha value is -2.74. The van der Waals surface area contributed by atoms with Gasteiger partial charge in [0, 0.05) is 25.2 Å². The Kier molecular flexibility index (Phi) is 5.08. The zero-order valence-electron chi connectivity index (χ0n) is 13.6. The minimum Gasteiger partial charge on any atom is -0.473 e. The van der Waals surface area contributed by atoms with Crippen LogP contribution in [0.15, 0.2) is 36.5 Å². The van der Waals surface area contributed by atoms with E-state index in [4.69, 9.17) is 19.8 Å². The third kappa shape index (κ3) is 3.85. The summed E-state index contributed by atoms with van der Waals surface area (Å²) < 4.78 is 2.07. The van der Waals surface area contributed by atoms with E-state index in [9.17, 15) is 0 Å². The highest BCUT2D eigenvalue weighted by molar-refractivity contribution is 6.27. The van der Waals surface area contributed by atoms with Crippen molar-refractivity contribution in [3.8, 4) is 0 Å². The highest BCUT2D eigenvalue weighted by atomic mass is 16.4. The summed E-state index contributed by atoms with van der Waals surface area (Å²) in [6, 6.07) is 6.69. The van der Waals surface area contributed by atoms with Crippen LogP contribution >= 0.6 is 0 Å². The van der Waals surface area contributed by atoms with Gasteiger partial charge in [0.15, 0.2) is 5.65 Å². The van der Waals surface area contributed by atoms with Crippen molar-refractivity contribution in [1.82, 2.24) is 19.9 Å². The van der Waals surface area contributed by atoms with Gasteiger partial charge in [-0.05, 0) is 36.8 Å². The number of carbonyl (C=O) groups is 2. The van der Waals surface area contributed by atoms with Crippen LogP contribution in [0.5, 0.6) is 0 Å². The predicted molar refractivity (Wildman–Crippen MR) is 89.1 cm³/mol. The molecular formula is C17H20N4O4. The monoisotopic (exact) mass is 344 g/mol. The highest BCUT2D eigenvalue weighted by Gasteiger charge is 2.40. The molecule has 0 aromatic carbocycles. The average molecular weight is 344 g/mol. The first-order valence-electron chi connectivity index (χ1n) is 8.21. The van der Waals surface area contributed by atoms with Crippen molar-refractivity contribution in [3.63, 3.8) is 0 Å². The number of carboxylic acid groups (broad SMARTS) is 2. The number of allylic oxidation sites excluding steroid dienone is 1. The van der Waals surface area contributed by atoms with E-state index >= 15 is 0 Å². The number of rotatable bonds is 4. The number of carboxylic acids is 2. The number of nitrogens with zero attached hydrogens (tertiary/aromatic N) is 3. The van der Waals surface area contributed by atoms with E-state index in [1.165, 1.54) is 12.8 Å². The summed E-state index contributed by atoms with van der Waals surface area (Å²) in [6.45, 7) is 0.984. The van der Waals surface area contributed by atoms with Crippen LogP contribution in [0.4, 0.5) is 0 Å². The Balaban J connectivity index is 0.000000265. The first kappa shape index (κ1) is 17.1. The van der Waals surface area contributed by atoms with Crippen LogP contribution in [0.1, 0.15) is 18.7 Å². The fraction of sp³-hybridized carbons (Fsp3) is 0.412. The lowest BCUT2D eigenvalue weighted by molar-refractivity contribution is -0.159. The lowest BCUT2D eigenvalue weighted by Crippen LogP contribution is -2.48. The van der Waals surface area contributed by atoms with E-state index in [1.807, 2.05) is 24.4 Å². The van der Waals surface area contributed by atoms with E-state index in [-0.39, 0.29) is 0 Å². The van der Waals surface area contributed by atoms with E-state index in [0.29, 0.717) is 6.04 Å². The van der Waals surface area contributed by atoms with Gasteiger partial charge in [0.05, 0.1) is 0 Å². The van der Waals surface area contributed by atoms with E-state index < -0.39 is 11.9 Å². The molecule has 0 spiro atoms. The Labute approximate surface area is 144 Å². The van der Waals surface area contributed by atoms with Crippen LogP contribution < -0.4 is 5.32 Å². The van der Waals surface area contributed by atoms with Crippen LogP contribution in [-0.2, 0) is 16.0 Å². The third-order valence-corrected chi connectivity index (χ3v) is 4.69. The Morgan fingerprint density at radius 2 is 2.04 bits per heavy atom. The molecule has 3 unspecified atom stereocenters. The molecule has 2 aromatic rings. The maximum absolute atomic E-state index is 9.10. The van der Waals surface area contributed by atoms with Gasteiger partial charge in [0.2, 0.25) is 0 Å². The van der Waals surface area contributed by atoms with Crippen molar-refractivity contribution >= 4 is 17.6 Å². The second-order valence-corrected chi connectivity index (χ2v) is 6.20. The molecule has 132 valence electrons. The summed E-state index contributed by atoms with van der Waals surface area (Å²) in [5, 5.41) is 26.9. The number of aliphatic carboxylic acids is 2. The molecule has 0 radical (unpaired) electrons. The molecule has 2 aliphatic carbocycles. The van der Waals surface area contributed by atoms with Gasteiger partial charge in [-0.1, -0.05) is 18.2 Å². The Bertz CT molecular complexity index is 789. The number of nitrogens with one attached hydrogen (secondary N) is 1. The molecule has 4 rings (SSSR count). The Morgan fingerprint density at radius 3 is 2.76 bits per heavy atom. The van der Waals surface area contributed by atoms with Crippen molar-refractivity contribution in [2.45, 2.75) is 25.3 Å². The topological polar surface area (TPSA) is 117 Å². The zero-order valence-corrected chi connectivity index (χ0v) is 13.6. The van der Waals surface area contributed by atoms with Gasteiger partial charge < -0.3 is 15.5 Å². The smallest absolute Gasteiger partial charge is 0.414 e. The molecule has 0 bridgehead atoms. The number of fused-ring (bicyclic) bond motifs is 2. The zero-order chi connectivity index (χ0) is 17.8. The maximum atomic E-state index is 9.10. The maximum Gasteiger partial charge on any atom is 0.414 e. The number of aromatic nitrogens is 3. The van der Waals surface area contributed by atoms with E-state index in [1.54, 1.807) is 0 Å². The van der Waals surface area contributed by atoms with Gasteiger partial charge in [0.1, 0.15) is 5.82 Å². The van der Waals surface area contributed by atoms with Gasteiger partial charge in [-0.15, -0.1) is 10.2 Å². The largest absolute Gasteiger partial charge is 0.473 e. The number of hydrogen-bond acceptors (Lipinski definition) is 5. The van der Waals surface area contributed by atoms with Crippen molar-refractivity contribution < 1.29 is 19.8 Å². The molecular weight excluding hydrogens is 324 g/mol. The predicted octanol–water partition coefficient (Wildman–Crippen LogP) is 0.982. The molecule has 2 heterocycles.